The Morgan fingerprint density at radius 2 is 1.91 bits per heavy atom. The molecule has 0 spiro atoms. The fourth-order valence-electron chi connectivity index (χ4n) is 6.46. The van der Waals surface area contributed by atoms with Crippen LogP contribution in [0.5, 0.6) is 0 Å². The molecule has 120 valence electrons. The number of fused-ring (bicyclic) bond motifs is 5. The second-order valence-corrected chi connectivity index (χ2v) is 8.70. The highest BCUT2D eigenvalue weighted by atomic mass is 16.3. The molecule has 0 aliphatic heterocycles. The largest absolute Gasteiger partial charge is 0.393 e. The van der Waals surface area contributed by atoms with Crippen molar-refractivity contribution in [3.63, 3.8) is 0 Å². The molecule has 0 aromatic carbocycles. The fourth-order valence-corrected chi connectivity index (χ4v) is 6.46. The second-order valence-electron chi connectivity index (χ2n) is 8.70. The molecule has 0 unspecified atom stereocenters. The smallest absolute Gasteiger partial charge is 0.181 e. The lowest BCUT2D eigenvalue weighted by molar-refractivity contribution is -0.112. The van der Waals surface area contributed by atoms with Crippen LogP contribution >= 0.6 is 0 Å². The maximum absolute atomic E-state index is 12.1. The van der Waals surface area contributed by atoms with Gasteiger partial charge in [0.25, 0.3) is 0 Å². The number of hydrogen-bond donors (Lipinski definition) is 1. The molecule has 3 saturated carbocycles. The zero-order valence-electron chi connectivity index (χ0n) is 14.1. The minimum Gasteiger partial charge on any atom is -0.393 e. The monoisotopic (exact) mass is 300 g/mol. The van der Waals surface area contributed by atoms with Gasteiger partial charge in [0.2, 0.25) is 0 Å². The highest BCUT2D eigenvalue weighted by Gasteiger charge is 2.58. The van der Waals surface area contributed by atoms with Crippen molar-refractivity contribution < 1.29 is 9.90 Å². The molecule has 0 amide bonds. The number of hydrogen-bond acceptors (Lipinski definition) is 2. The second kappa shape index (κ2) is 4.56. The van der Waals surface area contributed by atoms with E-state index in [1.807, 2.05) is 13.0 Å². The van der Waals surface area contributed by atoms with Gasteiger partial charge in [0.1, 0.15) is 0 Å². The average molecular weight is 300 g/mol. The molecule has 0 aromatic rings. The van der Waals surface area contributed by atoms with Crippen molar-refractivity contribution in [3.8, 4) is 0 Å². The van der Waals surface area contributed by atoms with E-state index >= 15 is 0 Å². The Kier molecular flexibility index (Phi) is 3.05. The highest BCUT2D eigenvalue weighted by Crippen LogP contribution is 2.64. The van der Waals surface area contributed by atoms with E-state index in [0.29, 0.717) is 11.8 Å². The Balaban J connectivity index is 1.72. The van der Waals surface area contributed by atoms with E-state index in [0.717, 1.165) is 30.8 Å². The third-order valence-electron chi connectivity index (χ3n) is 7.81. The Morgan fingerprint density at radius 3 is 2.68 bits per heavy atom. The standard InChI is InChI=1S/C20H28O2/c1-12-11-20(3)13(10-17(12)21)4-5-14-15-6-7-18(22)19(15,2)9-8-16(14)20/h10-11,14-16,18,22H,4-9H2,1-3H3/t14-,15-,16-,18-,19-,20-/m0/s1. The first kappa shape index (κ1) is 14.7. The third kappa shape index (κ3) is 1.73. The Bertz CT molecular complexity index is 587. The molecule has 2 nitrogen and oxygen atoms in total. The average Bonchev–Trinajstić information content (AvgIpc) is 2.77. The third-order valence-corrected chi connectivity index (χ3v) is 7.81. The van der Waals surface area contributed by atoms with E-state index in [2.05, 4.69) is 19.9 Å². The molecule has 1 N–H and O–H groups in total. The molecule has 2 heteroatoms. The molecule has 22 heavy (non-hydrogen) atoms. The lowest BCUT2D eigenvalue weighted by atomic mass is 9.48. The number of carbonyl (C=O) groups is 1. The summed E-state index contributed by atoms with van der Waals surface area (Å²) in [4.78, 5) is 12.1. The first-order valence-corrected chi connectivity index (χ1v) is 8.99. The maximum Gasteiger partial charge on any atom is 0.181 e. The summed E-state index contributed by atoms with van der Waals surface area (Å²) >= 11 is 0. The zero-order valence-corrected chi connectivity index (χ0v) is 14.1. The van der Waals surface area contributed by atoms with Crippen LogP contribution in [0.3, 0.4) is 0 Å². The van der Waals surface area contributed by atoms with Gasteiger partial charge in [-0.3, -0.25) is 4.79 Å². The number of rotatable bonds is 0. The van der Waals surface area contributed by atoms with Gasteiger partial charge in [-0.25, -0.2) is 0 Å². The Morgan fingerprint density at radius 1 is 1.14 bits per heavy atom. The van der Waals surface area contributed by atoms with E-state index < -0.39 is 0 Å². The predicted octanol–water partition coefficient (Wildman–Crippen LogP) is 4.05. The van der Waals surface area contributed by atoms with Crippen LogP contribution in [0.4, 0.5) is 0 Å². The predicted molar refractivity (Wildman–Crippen MR) is 87.2 cm³/mol. The summed E-state index contributed by atoms with van der Waals surface area (Å²) in [6, 6.07) is 0. The van der Waals surface area contributed by atoms with E-state index in [1.54, 1.807) is 0 Å². The molecule has 6 atom stereocenters. The van der Waals surface area contributed by atoms with Crippen molar-refractivity contribution in [2.75, 3.05) is 0 Å². The van der Waals surface area contributed by atoms with Crippen LogP contribution in [0.1, 0.15) is 59.3 Å². The molecule has 4 rings (SSSR count). The summed E-state index contributed by atoms with van der Waals surface area (Å²) in [6.07, 6.45) is 10.9. The van der Waals surface area contributed by atoms with Crippen LogP contribution in [-0.4, -0.2) is 17.0 Å². The Labute approximate surface area is 133 Å². The van der Waals surface area contributed by atoms with Crippen LogP contribution < -0.4 is 0 Å². The number of carbonyl (C=O) groups excluding carboxylic acids is 1. The van der Waals surface area contributed by atoms with Crippen molar-refractivity contribution in [2.24, 2.45) is 28.6 Å². The normalized spacial score (nSPS) is 50.6. The van der Waals surface area contributed by atoms with E-state index in [4.69, 9.17) is 0 Å². The summed E-state index contributed by atoms with van der Waals surface area (Å²) in [5.41, 5.74) is 2.51. The topological polar surface area (TPSA) is 37.3 Å². The lowest BCUT2D eigenvalue weighted by Crippen LogP contribution is -2.50. The van der Waals surface area contributed by atoms with Crippen LogP contribution in [0.15, 0.2) is 23.3 Å². The molecular formula is C20H28O2. The van der Waals surface area contributed by atoms with Crippen LogP contribution in [0.25, 0.3) is 0 Å². The van der Waals surface area contributed by atoms with Gasteiger partial charge >= 0.3 is 0 Å². The zero-order chi connectivity index (χ0) is 15.7. The van der Waals surface area contributed by atoms with Crippen molar-refractivity contribution in [1.29, 1.82) is 0 Å². The fraction of sp³-hybridized carbons (Fsp3) is 0.750. The summed E-state index contributed by atoms with van der Waals surface area (Å²) in [5, 5.41) is 10.5. The highest BCUT2D eigenvalue weighted by molar-refractivity contribution is 6.05. The van der Waals surface area contributed by atoms with Crippen molar-refractivity contribution >= 4 is 5.78 Å². The number of ketones is 1. The van der Waals surface area contributed by atoms with Gasteiger partial charge in [-0.1, -0.05) is 25.5 Å². The summed E-state index contributed by atoms with van der Waals surface area (Å²) in [5.74, 6) is 2.25. The summed E-state index contributed by atoms with van der Waals surface area (Å²) in [7, 11) is 0. The minimum absolute atomic E-state index is 0.0791. The van der Waals surface area contributed by atoms with Crippen molar-refractivity contribution in [2.45, 2.75) is 65.4 Å². The summed E-state index contributed by atoms with van der Waals surface area (Å²) in [6.45, 7) is 6.65. The van der Waals surface area contributed by atoms with Crippen LogP contribution in [0.2, 0.25) is 0 Å². The van der Waals surface area contributed by atoms with Crippen LogP contribution in [-0.2, 0) is 4.79 Å². The number of allylic oxidation sites excluding steroid dienone is 4. The van der Waals surface area contributed by atoms with Crippen molar-refractivity contribution in [3.05, 3.63) is 23.3 Å². The molecule has 4 aliphatic rings. The SMILES string of the molecule is CC1=C[C@@]2(C)C(=CC1=O)CC[C@H]1[C@@H]3CC[C@H](O)[C@@]3(C)CC[C@@H]12. The van der Waals surface area contributed by atoms with Crippen molar-refractivity contribution in [1.82, 2.24) is 0 Å². The number of aliphatic hydroxyl groups is 1. The number of aliphatic hydroxyl groups excluding tert-OH is 1. The summed E-state index contributed by atoms with van der Waals surface area (Å²) < 4.78 is 0. The van der Waals surface area contributed by atoms with E-state index in [1.165, 1.54) is 24.8 Å². The molecule has 0 bridgehead atoms. The van der Waals surface area contributed by atoms with Gasteiger partial charge < -0.3 is 5.11 Å². The lowest BCUT2D eigenvalue weighted by Gasteiger charge is -2.56. The first-order valence-electron chi connectivity index (χ1n) is 8.99. The molecule has 3 fully saturated rings. The Hall–Kier alpha value is -0.890. The molecule has 4 aliphatic carbocycles. The maximum atomic E-state index is 12.1. The quantitative estimate of drug-likeness (QED) is 0.733. The van der Waals surface area contributed by atoms with Crippen LogP contribution in [0, 0.1) is 28.6 Å². The molecule has 0 heterocycles. The first-order chi connectivity index (χ1) is 10.4. The molecule has 0 radical (unpaired) electrons. The van der Waals surface area contributed by atoms with Gasteiger partial charge in [-0.05, 0) is 80.3 Å². The van der Waals surface area contributed by atoms with Gasteiger partial charge in [-0.2, -0.15) is 0 Å². The van der Waals surface area contributed by atoms with Gasteiger partial charge in [-0.15, -0.1) is 0 Å². The molecule has 0 aromatic heterocycles. The van der Waals surface area contributed by atoms with E-state index in [-0.39, 0.29) is 22.7 Å². The van der Waals surface area contributed by atoms with Gasteiger partial charge in [0.15, 0.2) is 5.78 Å². The molecular weight excluding hydrogens is 272 g/mol. The van der Waals surface area contributed by atoms with Gasteiger partial charge in [0.05, 0.1) is 6.10 Å². The van der Waals surface area contributed by atoms with Gasteiger partial charge in [0, 0.05) is 5.41 Å². The van der Waals surface area contributed by atoms with E-state index in [9.17, 15) is 9.90 Å². The molecule has 0 saturated heterocycles. The minimum atomic E-state index is -0.103.